The third kappa shape index (κ3) is 5.38. The number of methoxy groups -OCH3 is 1. The van der Waals surface area contributed by atoms with Gasteiger partial charge in [0.1, 0.15) is 5.75 Å². The molecule has 0 saturated carbocycles. The zero-order chi connectivity index (χ0) is 23.2. The van der Waals surface area contributed by atoms with E-state index in [1.807, 2.05) is 47.9 Å². The summed E-state index contributed by atoms with van der Waals surface area (Å²) in [5.74, 6) is 1.87. The van der Waals surface area contributed by atoms with Crippen molar-refractivity contribution in [2.75, 3.05) is 7.11 Å². The van der Waals surface area contributed by atoms with Gasteiger partial charge in [-0.2, -0.15) is 0 Å². The molecule has 0 radical (unpaired) electrons. The van der Waals surface area contributed by atoms with E-state index in [0.717, 1.165) is 22.2 Å². The van der Waals surface area contributed by atoms with Crippen LogP contribution in [0.2, 0.25) is 5.02 Å². The van der Waals surface area contributed by atoms with Gasteiger partial charge < -0.3 is 10.1 Å². The summed E-state index contributed by atoms with van der Waals surface area (Å²) >= 11 is 7.98. The number of thioether (sulfide) groups is 1. The summed E-state index contributed by atoms with van der Waals surface area (Å²) < 4.78 is 7.12. The largest absolute Gasteiger partial charge is 0.497 e. The van der Waals surface area contributed by atoms with Gasteiger partial charge >= 0.3 is 0 Å². The highest BCUT2D eigenvalue weighted by molar-refractivity contribution is 7.98. The van der Waals surface area contributed by atoms with Crippen molar-refractivity contribution in [2.24, 2.45) is 0 Å². The summed E-state index contributed by atoms with van der Waals surface area (Å²) in [5.41, 5.74) is 3.54. The number of nitrogens with zero attached hydrogens (tertiary/aromatic N) is 3. The monoisotopic (exact) mass is 478 g/mol. The lowest BCUT2D eigenvalue weighted by atomic mass is 10.2. The van der Waals surface area contributed by atoms with E-state index in [1.165, 1.54) is 5.56 Å². The number of halogens is 1. The zero-order valence-electron chi connectivity index (χ0n) is 18.3. The first kappa shape index (κ1) is 22.9. The Balaban J connectivity index is 1.59. The number of carbonyl (C=O) groups excluding carboxylic acids is 1. The molecule has 33 heavy (non-hydrogen) atoms. The summed E-state index contributed by atoms with van der Waals surface area (Å²) in [5, 5.41) is 13.1. The molecule has 6 nitrogen and oxygen atoms in total. The smallest absolute Gasteiger partial charge is 0.251 e. The van der Waals surface area contributed by atoms with E-state index >= 15 is 0 Å². The summed E-state index contributed by atoms with van der Waals surface area (Å²) in [7, 11) is 1.59. The number of hydrogen-bond donors (Lipinski definition) is 1. The predicted octanol–water partition coefficient (Wildman–Crippen LogP) is 5.46. The second-order valence-corrected chi connectivity index (χ2v) is 8.65. The fourth-order valence-electron chi connectivity index (χ4n) is 3.31. The number of hydrogen-bond acceptors (Lipinski definition) is 5. The molecular formula is C25H23ClN4O2S. The molecule has 0 aliphatic rings. The van der Waals surface area contributed by atoms with Gasteiger partial charge in [-0.15, -0.1) is 10.2 Å². The van der Waals surface area contributed by atoms with Crippen molar-refractivity contribution in [2.45, 2.75) is 24.4 Å². The normalized spacial score (nSPS) is 10.8. The molecule has 4 rings (SSSR count). The lowest BCUT2D eigenvalue weighted by Crippen LogP contribution is -2.24. The van der Waals surface area contributed by atoms with Crippen LogP contribution in [0.25, 0.3) is 5.69 Å². The van der Waals surface area contributed by atoms with Crippen LogP contribution < -0.4 is 10.1 Å². The number of aromatic nitrogens is 3. The molecular weight excluding hydrogens is 456 g/mol. The number of amides is 1. The molecule has 4 aromatic rings. The molecule has 0 aliphatic heterocycles. The van der Waals surface area contributed by atoms with Crippen LogP contribution in [0.5, 0.6) is 5.75 Å². The summed E-state index contributed by atoms with van der Waals surface area (Å²) in [4.78, 5) is 12.7. The maximum absolute atomic E-state index is 12.7. The van der Waals surface area contributed by atoms with Crippen LogP contribution in [0.1, 0.15) is 27.3 Å². The summed E-state index contributed by atoms with van der Waals surface area (Å²) in [6.07, 6.45) is 0. The molecule has 0 unspecified atom stereocenters. The topological polar surface area (TPSA) is 69.0 Å². The van der Waals surface area contributed by atoms with Gasteiger partial charge in [0.2, 0.25) is 0 Å². The Morgan fingerprint density at radius 2 is 1.79 bits per heavy atom. The Morgan fingerprint density at radius 3 is 2.52 bits per heavy atom. The molecule has 0 saturated heterocycles. The number of nitrogens with one attached hydrogen (secondary N) is 1. The first-order valence-electron chi connectivity index (χ1n) is 10.4. The highest BCUT2D eigenvalue weighted by Gasteiger charge is 2.18. The highest BCUT2D eigenvalue weighted by Crippen LogP contribution is 2.29. The Hall–Kier alpha value is -3.29. The lowest BCUT2D eigenvalue weighted by molar-refractivity contribution is 0.0949. The molecule has 0 spiro atoms. The van der Waals surface area contributed by atoms with Gasteiger partial charge in [0.05, 0.1) is 19.3 Å². The third-order valence-electron chi connectivity index (χ3n) is 5.15. The lowest BCUT2D eigenvalue weighted by Gasteiger charge is -2.14. The molecule has 1 amide bonds. The Bertz CT molecular complexity index is 1240. The van der Waals surface area contributed by atoms with Crippen LogP contribution in [-0.4, -0.2) is 27.8 Å². The Morgan fingerprint density at radius 1 is 1.03 bits per heavy atom. The molecule has 1 heterocycles. The highest BCUT2D eigenvalue weighted by atomic mass is 35.5. The van der Waals surface area contributed by atoms with Gasteiger partial charge in [0.25, 0.3) is 5.91 Å². The van der Waals surface area contributed by atoms with Gasteiger partial charge in [0.15, 0.2) is 11.0 Å². The van der Waals surface area contributed by atoms with Gasteiger partial charge in [-0.25, -0.2) is 0 Å². The molecule has 0 aliphatic carbocycles. The van der Waals surface area contributed by atoms with E-state index in [-0.39, 0.29) is 12.5 Å². The van der Waals surface area contributed by atoms with E-state index in [9.17, 15) is 4.79 Å². The molecule has 1 N–H and O–H groups in total. The fraction of sp³-hybridized carbons (Fsp3) is 0.160. The first-order valence-corrected chi connectivity index (χ1v) is 11.7. The van der Waals surface area contributed by atoms with E-state index in [4.69, 9.17) is 16.3 Å². The van der Waals surface area contributed by atoms with Crippen LogP contribution >= 0.6 is 23.4 Å². The van der Waals surface area contributed by atoms with Crippen molar-refractivity contribution in [1.29, 1.82) is 0 Å². The summed E-state index contributed by atoms with van der Waals surface area (Å²) in [6.45, 7) is 2.18. The number of rotatable bonds is 8. The van der Waals surface area contributed by atoms with E-state index in [1.54, 1.807) is 43.1 Å². The van der Waals surface area contributed by atoms with E-state index in [2.05, 4.69) is 27.6 Å². The molecule has 8 heteroatoms. The minimum absolute atomic E-state index is 0.200. The standard InChI is InChI=1S/C25H23ClN4O2S/c1-17-21(26)9-6-10-22(17)30-23(15-27-24(31)19-11-13-20(32-2)14-12-19)28-29-25(30)33-16-18-7-4-3-5-8-18/h3-14H,15-16H2,1-2H3,(H,27,31). The van der Waals surface area contributed by atoms with Gasteiger partial charge in [0, 0.05) is 16.3 Å². The van der Waals surface area contributed by atoms with Crippen LogP contribution in [0.4, 0.5) is 0 Å². The second-order valence-electron chi connectivity index (χ2n) is 7.30. The zero-order valence-corrected chi connectivity index (χ0v) is 19.9. The SMILES string of the molecule is COc1ccc(C(=O)NCc2nnc(SCc3ccccc3)n2-c2cccc(Cl)c2C)cc1. The van der Waals surface area contributed by atoms with Crippen LogP contribution in [-0.2, 0) is 12.3 Å². The third-order valence-corrected chi connectivity index (χ3v) is 6.56. The van der Waals surface area contributed by atoms with E-state index in [0.29, 0.717) is 22.2 Å². The Labute approximate surface area is 202 Å². The van der Waals surface area contributed by atoms with Crippen LogP contribution in [0.15, 0.2) is 78.0 Å². The second kappa shape index (κ2) is 10.6. The quantitative estimate of drug-likeness (QED) is 0.340. The molecule has 168 valence electrons. The van der Waals surface area contributed by atoms with Crippen LogP contribution in [0.3, 0.4) is 0 Å². The Kier molecular flexibility index (Phi) is 7.32. The molecule has 3 aromatic carbocycles. The van der Waals surface area contributed by atoms with Crippen molar-refractivity contribution < 1.29 is 9.53 Å². The average molecular weight is 479 g/mol. The maximum atomic E-state index is 12.7. The molecule has 0 atom stereocenters. The maximum Gasteiger partial charge on any atom is 0.251 e. The van der Waals surface area contributed by atoms with E-state index < -0.39 is 0 Å². The van der Waals surface area contributed by atoms with Gasteiger partial charge in [-0.3, -0.25) is 9.36 Å². The number of carbonyl (C=O) groups is 1. The van der Waals surface area contributed by atoms with Crippen LogP contribution in [0, 0.1) is 6.92 Å². The summed E-state index contributed by atoms with van der Waals surface area (Å²) in [6, 6.07) is 22.9. The van der Waals surface area contributed by atoms with Crippen molar-refractivity contribution in [1.82, 2.24) is 20.1 Å². The number of ether oxygens (including phenoxy) is 1. The van der Waals surface area contributed by atoms with Crippen molar-refractivity contribution >= 4 is 29.3 Å². The van der Waals surface area contributed by atoms with Crippen molar-refractivity contribution in [3.05, 3.63) is 100 Å². The fourth-order valence-corrected chi connectivity index (χ4v) is 4.40. The molecule has 1 aromatic heterocycles. The average Bonchev–Trinajstić information content (AvgIpc) is 3.26. The molecule has 0 fully saturated rings. The van der Waals surface area contributed by atoms with Gasteiger partial charge in [-0.1, -0.05) is 59.8 Å². The van der Waals surface area contributed by atoms with Crippen molar-refractivity contribution in [3.63, 3.8) is 0 Å². The first-order chi connectivity index (χ1) is 16.1. The predicted molar refractivity (Wildman–Crippen MR) is 131 cm³/mol. The van der Waals surface area contributed by atoms with Crippen molar-refractivity contribution in [3.8, 4) is 11.4 Å². The minimum atomic E-state index is -0.200. The number of benzene rings is 3. The molecule has 0 bridgehead atoms. The minimum Gasteiger partial charge on any atom is -0.497 e. The van der Waals surface area contributed by atoms with Gasteiger partial charge in [-0.05, 0) is 54.4 Å².